The molecule has 1 saturated heterocycles. The molecule has 1 fully saturated rings. The molecule has 2 aromatic carbocycles. The predicted molar refractivity (Wildman–Crippen MR) is 114 cm³/mol. The van der Waals surface area contributed by atoms with E-state index in [1.165, 1.54) is 0 Å². The topological polar surface area (TPSA) is 84.7 Å². The highest BCUT2D eigenvalue weighted by Crippen LogP contribution is 2.31. The third kappa shape index (κ3) is 5.63. The quantitative estimate of drug-likeness (QED) is 0.659. The second-order valence-corrected chi connectivity index (χ2v) is 7.67. The molecule has 0 spiro atoms. The predicted octanol–water partition coefficient (Wildman–Crippen LogP) is 3.85. The Balaban J connectivity index is 1.56. The molecule has 154 valence electrons. The minimum absolute atomic E-state index is 0.158. The van der Waals surface area contributed by atoms with Gasteiger partial charge in [0.25, 0.3) is 0 Å². The van der Waals surface area contributed by atoms with Gasteiger partial charge in [0.05, 0.1) is 24.1 Å². The van der Waals surface area contributed by atoms with Gasteiger partial charge in [-0.1, -0.05) is 47.5 Å². The average molecular weight is 436 g/mol. The summed E-state index contributed by atoms with van der Waals surface area (Å²) in [7, 11) is 0. The molecule has 2 aromatic rings. The maximum Gasteiger partial charge on any atom is 0.234 e. The number of rotatable bonds is 8. The third-order valence-electron chi connectivity index (χ3n) is 4.86. The number of carbonyl (C=O) groups excluding carboxylic acids is 2. The minimum atomic E-state index is -0.305. The molecular weight excluding hydrogens is 413 g/mol. The molecule has 29 heavy (non-hydrogen) atoms. The van der Waals surface area contributed by atoms with E-state index in [1.54, 1.807) is 18.2 Å². The van der Waals surface area contributed by atoms with Crippen LogP contribution in [0.3, 0.4) is 0 Å². The molecule has 1 heterocycles. The maximum atomic E-state index is 12.4. The SMILES string of the molecule is NC(=O)C1CCCN1Cc1ccccc1NC(=O)CCOc1cccc(Cl)c1Cl. The average Bonchev–Trinajstić information content (AvgIpc) is 3.15. The van der Waals surface area contributed by atoms with Gasteiger partial charge in [-0.15, -0.1) is 0 Å². The first-order chi connectivity index (χ1) is 14.0. The number of nitrogens with two attached hydrogens (primary N) is 1. The second-order valence-electron chi connectivity index (χ2n) is 6.89. The number of carbonyl (C=O) groups is 2. The standard InChI is InChI=1S/C21H23Cl2N3O3/c22-15-6-3-9-18(20(15)23)29-12-10-19(27)25-16-7-2-1-5-14(16)13-26-11-4-8-17(26)21(24)28/h1-3,5-7,9,17H,4,8,10-13H2,(H2,24,28)(H,25,27). The smallest absolute Gasteiger partial charge is 0.234 e. The van der Waals surface area contributed by atoms with Gasteiger partial charge in [0.1, 0.15) is 10.8 Å². The fraction of sp³-hybridized carbons (Fsp3) is 0.333. The van der Waals surface area contributed by atoms with E-state index in [0.29, 0.717) is 28.0 Å². The van der Waals surface area contributed by atoms with Crippen molar-refractivity contribution < 1.29 is 14.3 Å². The van der Waals surface area contributed by atoms with E-state index in [1.807, 2.05) is 24.3 Å². The Bertz CT molecular complexity index is 891. The van der Waals surface area contributed by atoms with Crippen LogP contribution >= 0.6 is 23.2 Å². The fourth-order valence-corrected chi connectivity index (χ4v) is 3.74. The van der Waals surface area contributed by atoms with E-state index in [9.17, 15) is 9.59 Å². The number of likely N-dealkylation sites (tertiary alicyclic amines) is 1. The number of halogens is 2. The van der Waals surface area contributed by atoms with Crippen LogP contribution in [-0.2, 0) is 16.1 Å². The summed E-state index contributed by atoms with van der Waals surface area (Å²) in [6.07, 6.45) is 1.86. The number of nitrogens with one attached hydrogen (secondary N) is 1. The van der Waals surface area contributed by atoms with Crippen molar-refractivity contribution >= 4 is 40.7 Å². The summed E-state index contributed by atoms with van der Waals surface area (Å²) < 4.78 is 5.57. The highest BCUT2D eigenvalue weighted by atomic mass is 35.5. The molecule has 0 radical (unpaired) electrons. The molecule has 0 bridgehead atoms. The van der Waals surface area contributed by atoms with Crippen molar-refractivity contribution in [3.63, 3.8) is 0 Å². The van der Waals surface area contributed by atoms with Crippen molar-refractivity contribution in [2.75, 3.05) is 18.5 Å². The van der Waals surface area contributed by atoms with Gasteiger partial charge in [-0.2, -0.15) is 0 Å². The largest absolute Gasteiger partial charge is 0.491 e. The molecule has 3 rings (SSSR count). The van der Waals surface area contributed by atoms with E-state index in [0.717, 1.165) is 24.9 Å². The van der Waals surface area contributed by atoms with Gasteiger partial charge in [-0.3, -0.25) is 14.5 Å². The summed E-state index contributed by atoms with van der Waals surface area (Å²) in [6.45, 7) is 1.53. The maximum absolute atomic E-state index is 12.4. The van der Waals surface area contributed by atoms with Gasteiger partial charge >= 0.3 is 0 Å². The Labute approximate surface area is 179 Å². The van der Waals surface area contributed by atoms with E-state index in [2.05, 4.69) is 10.2 Å². The summed E-state index contributed by atoms with van der Waals surface area (Å²) in [4.78, 5) is 26.1. The Morgan fingerprint density at radius 3 is 2.76 bits per heavy atom. The van der Waals surface area contributed by atoms with Crippen LogP contribution in [0.4, 0.5) is 5.69 Å². The van der Waals surface area contributed by atoms with Gasteiger partial charge in [-0.25, -0.2) is 0 Å². The monoisotopic (exact) mass is 435 g/mol. The van der Waals surface area contributed by atoms with Crippen molar-refractivity contribution in [3.05, 3.63) is 58.1 Å². The summed E-state index contributed by atoms with van der Waals surface area (Å²) in [5.74, 6) is -0.0387. The third-order valence-corrected chi connectivity index (χ3v) is 5.66. The van der Waals surface area contributed by atoms with E-state index < -0.39 is 0 Å². The van der Waals surface area contributed by atoms with Crippen LogP contribution in [0.1, 0.15) is 24.8 Å². The first kappa shape index (κ1) is 21.4. The minimum Gasteiger partial charge on any atom is -0.491 e. The number of para-hydroxylation sites is 1. The molecule has 0 aromatic heterocycles. The number of benzene rings is 2. The van der Waals surface area contributed by atoms with E-state index >= 15 is 0 Å². The van der Waals surface area contributed by atoms with Crippen LogP contribution in [0.25, 0.3) is 0 Å². The van der Waals surface area contributed by atoms with Crippen molar-refractivity contribution in [2.24, 2.45) is 5.73 Å². The van der Waals surface area contributed by atoms with Crippen molar-refractivity contribution in [1.82, 2.24) is 4.90 Å². The number of ether oxygens (including phenoxy) is 1. The molecule has 0 saturated carbocycles. The van der Waals surface area contributed by atoms with Crippen LogP contribution < -0.4 is 15.8 Å². The molecule has 1 aliphatic heterocycles. The van der Waals surface area contributed by atoms with Crippen LogP contribution in [0.2, 0.25) is 10.0 Å². The van der Waals surface area contributed by atoms with Crippen molar-refractivity contribution in [2.45, 2.75) is 31.8 Å². The van der Waals surface area contributed by atoms with Gasteiger partial charge in [0.15, 0.2) is 0 Å². The van der Waals surface area contributed by atoms with E-state index in [4.69, 9.17) is 33.7 Å². The van der Waals surface area contributed by atoms with Crippen molar-refractivity contribution in [1.29, 1.82) is 0 Å². The summed E-state index contributed by atoms with van der Waals surface area (Å²) in [5.41, 5.74) is 7.16. The van der Waals surface area contributed by atoms with Crippen LogP contribution in [-0.4, -0.2) is 35.9 Å². The van der Waals surface area contributed by atoms with Gasteiger partial charge < -0.3 is 15.8 Å². The number of hydrogen-bond donors (Lipinski definition) is 2. The van der Waals surface area contributed by atoms with Gasteiger partial charge in [0.2, 0.25) is 11.8 Å². The number of hydrogen-bond acceptors (Lipinski definition) is 4. The highest BCUT2D eigenvalue weighted by Gasteiger charge is 2.29. The molecule has 1 aliphatic rings. The molecule has 6 nitrogen and oxygen atoms in total. The second kappa shape index (κ2) is 9.96. The summed E-state index contributed by atoms with van der Waals surface area (Å²) in [5, 5.41) is 3.65. The molecule has 3 N–H and O–H groups in total. The van der Waals surface area contributed by atoms with Crippen LogP contribution in [0.15, 0.2) is 42.5 Å². The number of nitrogens with zero attached hydrogens (tertiary/aromatic N) is 1. The molecule has 1 atom stereocenters. The van der Waals surface area contributed by atoms with Crippen molar-refractivity contribution in [3.8, 4) is 5.75 Å². The normalized spacial score (nSPS) is 16.6. The lowest BCUT2D eigenvalue weighted by molar-refractivity contribution is -0.122. The zero-order valence-corrected chi connectivity index (χ0v) is 17.4. The Morgan fingerprint density at radius 2 is 1.97 bits per heavy atom. The Hall–Kier alpha value is -2.28. The van der Waals surface area contributed by atoms with E-state index in [-0.39, 0.29) is 30.9 Å². The summed E-state index contributed by atoms with van der Waals surface area (Å²) >= 11 is 12.0. The Kier molecular flexibility index (Phi) is 7.36. The molecule has 8 heteroatoms. The number of amides is 2. The highest BCUT2D eigenvalue weighted by molar-refractivity contribution is 6.42. The molecule has 2 amide bonds. The number of anilines is 1. The Morgan fingerprint density at radius 1 is 1.17 bits per heavy atom. The molecular formula is C21H23Cl2N3O3. The first-order valence-electron chi connectivity index (χ1n) is 9.43. The lowest BCUT2D eigenvalue weighted by Crippen LogP contribution is -2.39. The molecule has 0 aliphatic carbocycles. The summed E-state index contributed by atoms with van der Waals surface area (Å²) in [6, 6.07) is 12.4. The van der Waals surface area contributed by atoms with Gasteiger partial charge in [0, 0.05) is 12.2 Å². The fourth-order valence-electron chi connectivity index (χ4n) is 3.40. The van der Waals surface area contributed by atoms with Gasteiger partial charge in [-0.05, 0) is 43.1 Å². The lowest BCUT2D eigenvalue weighted by atomic mass is 10.1. The van der Waals surface area contributed by atoms with Crippen LogP contribution in [0, 0.1) is 0 Å². The number of primary amides is 1. The zero-order valence-electron chi connectivity index (χ0n) is 15.9. The first-order valence-corrected chi connectivity index (χ1v) is 10.2. The lowest BCUT2D eigenvalue weighted by Gasteiger charge is -2.23. The zero-order chi connectivity index (χ0) is 20.8. The molecule has 1 unspecified atom stereocenters. The van der Waals surface area contributed by atoms with Crippen LogP contribution in [0.5, 0.6) is 5.75 Å².